The van der Waals surface area contributed by atoms with E-state index < -0.39 is 16.8 Å². The van der Waals surface area contributed by atoms with E-state index in [1.54, 1.807) is 38.1 Å². The van der Waals surface area contributed by atoms with Gasteiger partial charge < -0.3 is 9.52 Å². The van der Waals surface area contributed by atoms with E-state index in [0.717, 1.165) is 5.56 Å². The third kappa shape index (κ3) is 3.79. The van der Waals surface area contributed by atoms with Crippen LogP contribution in [0.3, 0.4) is 0 Å². The molecule has 0 saturated heterocycles. The molecule has 32 heavy (non-hydrogen) atoms. The topological polar surface area (TPSA) is 126 Å². The summed E-state index contributed by atoms with van der Waals surface area (Å²) in [7, 11) is 0. The van der Waals surface area contributed by atoms with Crippen molar-refractivity contribution < 1.29 is 24.0 Å². The number of benzene rings is 2. The van der Waals surface area contributed by atoms with Crippen LogP contribution >= 0.6 is 0 Å². The fourth-order valence-corrected chi connectivity index (χ4v) is 3.32. The molecule has 0 aliphatic carbocycles. The first-order valence-corrected chi connectivity index (χ1v) is 9.55. The largest absolute Gasteiger partial charge is 0.478 e. The summed E-state index contributed by atoms with van der Waals surface area (Å²) in [6.07, 6.45) is 1.52. The van der Waals surface area contributed by atoms with Gasteiger partial charge in [-0.3, -0.25) is 14.9 Å². The molecule has 9 heteroatoms. The molecule has 0 unspecified atom stereocenters. The molecule has 4 rings (SSSR count). The van der Waals surface area contributed by atoms with Gasteiger partial charge in [0.2, 0.25) is 0 Å². The fraction of sp³-hybridized carbons (Fsp3) is 0.0870. The van der Waals surface area contributed by atoms with Gasteiger partial charge in [-0.1, -0.05) is 6.07 Å². The minimum atomic E-state index is -1.06. The van der Waals surface area contributed by atoms with Crippen molar-refractivity contribution in [1.82, 2.24) is 0 Å². The minimum absolute atomic E-state index is 0.0655. The molecule has 0 saturated carbocycles. The van der Waals surface area contributed by atoms with Crippen molar-refractivity contribution in [3.63, 3.8) is 0 Å². The van der Waals surface area contributed by atoms with Crippen molar-refractivity contribution in [1.29, 1.82) is 0 Å². The monoisotopic (exact) mass is 431 g/mol. The van der Waals surface area contributed by atoms with Crippen LogP contribution in [0.25, 0.3) is 17.4 Å². The number of nitro groups is 1. The summed E-state index contributed by atoms with van der Waals surface area (Å²) in [5.41, 5.74) is 2.32. The number of aromatic carboxylic acids is 1. The maximum absolute atomic E-state index is 12.9. The van der Waals surface area contributed by atoms with Crippen LogP contribution in [0, 0.1) is 17.0 Å². The molecule has 1 aromatic heterocycles. The normalized spacial score (nSPS) is 14.7. The van der Waals surface area contributed by atoms with E-state index in [2.05, 4.69) is 5.10 Å². The minimum Gasteiger partial charge on any atom is -0.478 e. The Kier molecular flexibility index (Phi) is 5.15. The van der Waals surface area contributed by atoms with E-state index in [1.807, 2.05) is 0 Å². The Bertz CT molecular complexity index is 1320. The van der Waals surface area contributed by atoms with E-state index in [0.29, 0.717) is 34.1 Å². The smallest absolute Gasteiger partial charge is 0.335 e. The molecule has 160 valence electrons. The third-order valence-corrected chi connectivity index (χ3v) is 4.95. The zero-order valence-electron chi connectivity index (χ0n) is 17.1. The van der Waals surface area contributed by atoms with Crippen LogP contribution in [-0.2, 0) is 4.79 Å². The number of hydrazone groups is 1. The molecule has 2 aromatic carbocycles. The Morgan fingerprint density at radius 3 is 2.50 bits per heavy atom. The lowest BCUT2D eigenvalue weighted by molar-refractivity contribution is -0.384. The van der Waals surface area contributed by atoms with Crippen molar-refractivity contribution in [2.24, 2.45) is 5.10 Å². The lowest BCUT2D eigenvalue weighted by Gasteiger charge is -2.11. The molecule has 1 aliphatic heterocycles. The molecule has 2 heterocycles. The van der Waals surface area contributed by atoms with E-state index in [1.165, 1.54) is 41.4 Å². The van der Waals surface area contributed by atoms with Gasteiger partial charge in [0, 0.05) is 6.07 Å². The van der Waals surface area contributed by atoms with Crippen LogP contribution in [0.15, 0.2) is 69.7 Å². The predicted octanol–water partition coefficient (Wildman–Crippen LogP) is 4.67. The van der Waals surface area contributed by atoms with E-state index in [4.69, 9.17) is 9.52 Å². The predicted molar refractivity (Wildman–Crippen MR) is 118 cm³/mol. The molecule has 9 nitrogen and oxygen atoms in total. The van der Waals surface area contributed by atoms with E-state index in [9.17, 15) is 19.7 Å². The standard InChI is InChI=1S/C23H17N3O6/c1-13-3-9-18(20(11-13)26(30)31)21-10-8-17(32-21)12-19-14(2)24-25(22(19)27)16-6-4-15(5-7-16)23(28)29/h3-12H,1-2H3,(H,28,29)/b19-12+. The lowest BCUT2D eigenvalue weighted by atomic mass is 10.1. The molecule has 0 bridgehead atoms. The Hall–Kier alpha value is -4.53. The molecule has 1 N–H and O–H groups in total. The van der Waals surface area contributed by atoms with Crippen LogP contribution in [0.5, 0.6) is 0 Å². The van der Waals surface area contributed by atoms with Gasteiger partial charge in [0.05, 0.1) is 33.0 Å². The average molecular weight is 431 g/mol. The Morgan fingerprint density at radius 2 is 1.84 bits per heavy atom. The van der Waals surface area contributed by atoms with Crippen molar-refractivity contribution in [3.8, 4) is 11.3 Å². The Morgan fingerprint density at radius 1 is 1.12 bits per heavy atom. The molecule has 0 fully saturated rings. The SMILES string of the molecule is CC1=NN(c2ccc(C(=O)O)cc2)C(=O)/C1=C/c1ccc(-c2ccc(C)cc2[N+](=O)[O-])o1. The summed E-state index contributed by atoms with van der Waals surface area (Å²) in [4.78, 5) is 34.8. The molecule has 0 atom stereocenters. The number of aryl methyl sites for hydroxylation is 1. The van der Waals surface area contributed by atoms with Crippen molar-refractivity contribution in [2.75, 3.05) is 5.01 Å². The van der Waals surface area contributed by atoms with Crippen LogP contribution in [0.1, 0.15) is 28.6 Å². The Labute approximate surface area is 182 Å². The van der Waals surface area contributed by atoms with Crippen molar-refractivity contribution in [3.05, 3.63) is 87.2 Å². The van der Waals surface area contributed by atoms with Gasteiger partial charge in [-0.25, -0.2) is 4.79 Å². The molecule has 3 aromatic rings. The summed E-state index contributed by atoms with van der Waals surface area (Å²) in [6, 6.07) is 13.9. The summed E-state index contributed by atoms with van der Waals surface area (Å²) in [5, 5.41) is 25.9. The molecular weight excluding hydrogens is 414 g/mol. The van der Waals surface area contributed by atoms with Crippen LogP contribution < -0.4 is 5.01 Å². The number of amides is 1. The number of nitro benzene ring substituents is 1. The third-order valence-electron chi connectivity index (χ3n) is 4.95. The summed E-state index contributed by atoms with van der Waals surface area (Å²) >= 11 is 0. The highest BCUT2D eigenvalue weighted by molar-refractivity contribution is 6.32. The first-order chi connectivity index (χ1) is 15.2. The fourth-order valence-electron chi connectivity index (χ4n) is 3.32. The van der Waals surface area contributed by atoms with Gasteiger partial charge in [-0.2, -0.15) is 10.1 Å². The summed E-state index contributed by atoms with van der Waals surface area (Å²) < 4.78 is 5.77. The van der Waals surface area contributed by atoms with Crippen LogP contribution in [0.2, 0.25) is 0 Å². The van der Waals surface area contributed by atoms with Gasteiger partial charge >= 0.3 is 5.97 Å². The van der Waals surface area contributed by atoms with Gasteiger partial charge in [-0.15, -0.1) is 0 Å². The summed E-state index contributed by atoms with van der Waals surface area (Å²) in [5.74, 6) is -0.808. The first-order valence-electron chi connectivity index (χ1n) is 9.55. The number of anilines is 1. The highest BCUT2D eigenvalue weighted by Crippen LogP contribution is 2.33. The second-order valence-electron chi connectivity index (χ2n) is 7.19. The number of hydrogen-bond donors (Lipinski definition) is 1. The van der Waals surface area contributed by atoms with Gasteiger partial charge in [-0.05, 0) is 68.0 Å². The second-order valence-corrected chi connectivity index (χ2v) is 7.19. The quantitative estimate of drug-likeness (QED) is 0.355. The van der Waals surface area contributed by atoms with Gasteiger partial charge in [0.25, 0.3) is 11.6 Å². The van der Waals surface area contributed by atoms with E-state index in [-0.39, 0.29) is 11.3 Å². The molecular formula is C23H17N3O6. The maximum atomic E-state index is 12.9. The van der Waals surface area contributed by atoms with Crippen LogP contribution in [-0.4, -0.2) is 27.6 Å². The number of hydrogen-bond acceptors (Lipinski definition) is 6. The highest BCUT2D eigenvalue weighted by Gasteiger charge is 2.29. The molecule has 1 aliphatic rings. The summed E-state index contributed by atoms with van der Waals surface area (Å²) in [6.45, 7) is 3.44. The number of carbonyl (C=O) groups is 2. The second kappa shape index (κ2) is 7.95. The number of furan rings is 1. The number of carbonyl (C=O) groups excluding carboxylic acids is 1. The lowest BCUT2D eigenvalue weighted by Crippen LogP contribution is -2.21. The first kappa shape index (κ1) is 20.7. The average Bonchev–Trinajstić information content (AvgIpc) is 3.34. The van der Waals surface area contributed by atoms with E-state index >= 15 is 0 Å². The highest BCUT2D eigenvalue weighted by atomic mass is 16.6. The number of rotatable bonds is 5. The van der Waals surface area contributed by atoms with Crippen molar-refractivity contribution >= 4 is 35.0 Å². The zero-order valence-corrected chi connectivity index (χ0v) is 17.1. The number of carboxylic acids is 1. The molecule has 1 amide bonds. The number of nitrogens with zero attached hydrogens (tertiary/aromatic N) is 3. The Balaban J connectivity index is 1.63. The van der Waals surface area contributed by atoms with Crippen LogP contribution in [0.4, 0.5) is 11.4 Å². The van der Waals surface area contributed by atoms with Crippen molar-refractivity contribution in [2.45, 2.75) is 13.8 Å². The van der Waals surface area contributed by atoms with Gasteiger partial charge in [0.15, 0.2) is 0 Å². The zero-order chi connectivity index (χ0) is 23.0. The molecule has 0 spiro atoms. The van der Waals surface area contributed by atoms with Gasteiger partial charge in [0.1, 0.15) is 11.5 Å². The number of carboxylic acid groups (broad SMARTS) is 1. The molecule has 0 radical (unpaired) electrons. The maximum Gasteiger partial charge on any atom is 0.335 e.